The Labute approximate surface area is 142 Å². The van der Waals surface area contributed by atoms with Gasteiger partial charge in [0.25, 0.3) is 0 Å². The number of hydrogen-bond acceptors (Lipinski definition) is 3. The average molecular weight is 327 g/mol. The third-order valence-corrected chi connectivity index (χ3v) is 5.84. The fourth-order valence-corrected chi connectivity index (χ4v) is 3.70. The van der Waals surface area contributed by atoms with Crippen LogP contribution in [0.5, 0.6) is 0 Å². The Balaban J connectivity index is 2.15. The van der Waals surface area contributed by atoms with Gasteiger partial charge in [0.05, 0.1) is 0 Å². The van der Waals surface area contributed by atoms with Crippen LogP contribution in [0, 0.1) is 0 Å². The molecule has 1 rings (SSSR count). The lowest BCUT2D eigenvalue weighted by Gasteiger charge is -2.39. The molecule has 1 heterocycles. The van der Waals surface area contributed by atoms with Gasteiger partial charge in [-0.25, -0.2) is 0 Å². The van der Waals surface area contributed by atoms with E-state index in [0.29, 0.717) is 0 Å². The molecule has 1 fully saturated rings. The first kappa shape index (κ1) is 20.4. The molecule has 0 spiro atoms. The molecule has 1 aliphatic heterocycles. The van der Waals surface area contributed by atoms with Gasteiger partial charge in [-0.1, -0.05) is 64.7 Å². The molecule has 0 saturated carbocycles. The Morgan fingerprint density at radius 1 is 1.00 bits per heavy atom. The molecular formula is C19H38N2O2. The predicted octanol–water partition coefficient (Wildman–Crippen LogP) is 4.17. The monoisotopic (exact) mass is 326 g/mol. The van der Waals surface area contributed by atoms with Crippen molar-refractivity contribution in [2.45, 2.75) is 102 Å². The summed E-state index contributed by atoms with van der Waals surface area (Å²) in [5.74, 6) is -0.785. The zero-order valence-corrected chi connectivity index (χ0v) is 15.6. The molecule has 4 nitrogen and oxygen atoms in total. The first-order chi connectivity index (χ1) is 10.9. The Morgan fingerprint density at radius 3 is 1.96 bits per heavy atom. The van der Waals surface area contributed by atoms with Crippen molar-refractivity contribution < 1.29 is 9.90 Å². The molecule has 2 atom stereocenters. The SMILES string of the molecule is CCCCCCCCCCCCN1CCC(C)(N)[C@@]1(C)C(=O)O. The number of carboxylic acids is 1. The fraction of sp³-hybridized carbons (Fsp3) is 0.947. The molecule has 0 aromatic rings. The number of carbonyl (C=O) groups is 1. The minimum absolute atomic E-state index is 0.642. The minimum atomic E-state index is -0.924. The predicted molar refractivity (Wildman–Crippen MR) is 96.7 cm³/mol. The first-order valence-corrected chi connectivity index (χ1v) is 9.63. The number of rotatable bonds is 12. The fourth-order valence-electron chi connectivity index (χ4n) is 3.70. The van der Waals surface area contributed by atoms with Crippen LogP contribution in [0.1, 0.15) is 91.4 Å². The van der Waals surface area contributed by atoms with Crippen LogP contribution in [0.2, 0.25) is 0 Å². The molecular weight excluding hydrogens is 288 g/mol. The van der Waals surface area contributed by atoms with Crippen molar-refractivity contribution in [2.75, 3.05) is 13.1 Å². The molecule has 3 N–H and O–H groups in total. The molecule has 1 unspecified atom stereocenters. The highest BCUT2D eigenvalue weighted by molar-refractivity contribution is 5.81. The van der Waals surface area contributed by atoms with Gasteiger partial charge < -0.3 is 10.8 Å². The van der Waals surface area contributed by atoms with E-state index in [2.05, 4.69) is 11.8 Å². The second-order valence-electron chi connectivity index (χ2n) is 7.71. The van der Waals surface area contributed by atoms with Gasteiger partial charge in [-0.3, -0.25) is 9.69 Å². The quantitative estimate of drug-likeness (QED) is 0.528. The third kappa shape index (κ3) is 5.46. The van der Waals surface area contributed by atoms with E-state index in [-0.39, 0.29) is 0 Å². The lowest BCUT2D eigenvalue weighted by molar-refractivity contribution is -0.151. The topological polar surface area (TPSA) is 66.6 Å². The molecule has 136 valence electrons. The first-order valence-electron chi connectivity index (χ1n) is 9.63. The van der Waals surface area contributed by atoms with Gasteiger partial charge >= 0.3 is 5.97 Å². The summed E-state index contributed by atoms with van der Waals surface area (Å²) in [5, 5.41) is 9.62. The van der Waals surface area contributed by atoms with Crippen LogP contribution in [-0.2, 0) is 4.79 Å². The van der Waals surface area contributed by atoms with Crippen LogP contribution >= 0.6 is 0 Å². The van der Waals surface area contributed by atoms with Crippen molar-refractivity contribution in [3.8, 4) is 0 Å². The van der Waals surface area contributed by atoms with Crippen molar-refractivity contribution in [1.82, 2.24) is 4.90 Å². The van der Waals surface area contributed by atoms with E-state index in [9.17, 15) is 9.90 Å². The molecule has 1 aliphatic rings. The van der Waals surface area contributed by atoms with E-state index >= 15 is 0 Å². The lowest BCUT2D eigenvalue weighted by atomic mass is 9.81. The zero-order chi connectivity index (χ0) is 17.3. The summed E-state index contributed by atoms with van der Waals surface area (Å²) in [4.78, 5) is 13.8. The number of nitrogens with zero attached hydrogens (tertiary/aromatic N) is 1. The number of nitrogens with two attached hydrogens (primary N) is 1. The molecule has 23 heavy (non-hydrogen) atoms. The summed E-state index contributed by atoms with van der Waals surface area (Å²) in [6, 6.07) is 0. The average Bonchev–Trinajstić information content (AvgIpc) is 2.73. The Kier molecular flexibility index (Phi) is 8.56. The van der Waals surface area contributed by atoms with Gasteiger partial charge in [0, 0.05) is 12.1 Å². The third-order valence-electron chi connectivity index (χ3n) is 5.84. The van der Waals surface area contributed by atoms with Crippen molar-refractivity contribution >= 4 is 5.97 Å². The van der Waals surface area contributed by atoms with E-state index in [1.54, 1.807) is 6.92 Å². The van der Waals surface area contributed by atoms with Gasteiger partial charge in [-0.05, 0) is 33.2 Å². The summed E-state index contributed by atoms with van der Waals surface area (Å²) in [6.45, 7) is 7.57. The summed E-state index contributed by atoms with van der Waals surface area (Å²) in [5.41, 5.74) is 4.68. The summed E-state index contributed by atoms with van der Waals surface area (Å²) < 4.78 is 0. The van der Waals surface area contributed by atoms with Crippen LogP contribution in [0.3, 0.4) is 0 Å². The summed E-state index contributed by atoms with van der Waals surface area (Å²) >= 11 is 0. The number of hydrogen-bond donors (Lipinski definition) is 2. The molecule has 0 radical (unpaired) electrons. The van der Waals surface area contributed by atoms with Gasteiger partial charge in [0.15, 0.2) is 0 Å². The highest BCUT2D eigenvalue weighted by atomic mass is 16.4. The Morgan fingerprint density at radius 2 is 1.48 bits per heavy atom. The van der Waals surface area contributed by atoms with E-state index in [1.165, 1.54) is 57.8 Å². The second kappa shape index (κ2) is 9.63. The van der Waals surface area contributed by atoms with E-state index < -0.39 is 17.0 Å². The van der Waals surface area contributed by atoms with Gasteiger partial charge in [0.1, 0.15) is 5.54 Å². The normalized spacial score (nSPS) is 28.3. The largest absolute Gasteiger partial charge is 0.480 e. The van der Waals surface area contributed by atoms with Crippen molar-refractivity contribution in [3.05, 3.63) is 0 Å². The highest BCUT2D eigenvalue weighted by Gasteiger charge is 2.56. The highest BCUT2D eigenvalue weighted by Crippen LogP contribution is 2.36. The van der Waals surface area contributed by atoms with Crippen LogP contribution in [-0.4, -0.2) is 40.1 Å². The van der Waals surface area contributed by atoms with Crippen LogP contribution in [0.25, 0.3) is 0 Å². The van der Waals surface area contributed by atoms with Crippen LogP contribution in [0.15, 0.2) is 0 Å². The molecule has 0 amide bonds. The second-order valence-corrected chi connectivity index (χ2v) is 7.71. The number of likely N-dealkylation sites (tertiary alicyclic amines) is 1. The van der Waals surface area contributed by atoms with Gasteiger partial charge in [-0.2, -0.15) is 0 Å². The number of carboxylic acid groups (broad SMARTS) is 1. The van der Waals surface area contributed by atoms with Crippen molar-refractivity contribution in [3.63, 3.8) is 0 Å². The standard InChI is InChI=1S/C19H38N2O2/c1-4-5-6-7-8-9-10-11-12-13-15-21-16-14-18(2,20)19(21,3)17(22)23/h4-16,20H2,1-3H3,(H,22,23)/t18?,19-/m1/s1. The summed E-state index contributed by atoms with van der Waals surface area (Å²) in [7, 11) is 0. The molecule has 1 saturated heterocycles. The molecule has 0 aromatic carbocycles. The van der Waals surface area contributed by atoms with Gasteiger partial charge in [-0.15, -0.1) is 0 Å². The maximum absolute atomic E-state index is 11.7. The molecule has 0 aliphatic carbocycles. The van der Waals surface area contributed by atoms with E-state index in [1.807, 2.05) is 6.92 Å². The maximum Gasteiger partial charge on any atom is 0.325 e. The maximum atomic E-state index is 11.7. The minimum Gasteiger partial charge on any atom is -0.480 e. The Bertz CT molecular complexity index is 357. The van der Waals surface area contributed by atoms with E-state index in [4.69, 9.17) is 5.73 Å². The van der Waals surface area contributed by atoms with Gasteiger partial charge in [0.2, 0.25) is 0 Å². The number of aliphatic carboxylic acids is 1. The van der Waals surface area contributed by atoms with Crippen molar-refractivity contribution in [2.24, 2.45) is 5.73 Å². The molecule has 0 bridgehead atoms. The number of unbranched alkanes of at least 4 members (excludes halogenated alkanes) is 9. The smallest absolute Gasteiger partial charge is 0.325 e. The Hall–Kier alpha value is -0.610. The summed E-state index contributed by atoms with van der Waals surface area (Å²) in [6.07, 6.45) is 13.8. The molecule has 4 heteroatoms. The van der Waals surface area contributed by atoms with Crippen LogP contribution < -0.4 is 5.73 Å². The lowest BCUT2D eigenvalue weighted by Crippen LogP contribution is -2.64. The zero-order valence-electron chi connectivity index (χ0n) is 15.6. The van der Waals surface area contributed by atoms with E-state index in [0.717, 1.165) is 25.9 Å². The molecule has 0 aromatic heterocycles. The van der Waals surface area contributed by atoms with Crippen LogP contribution in [0.4, 0.5) is 0 Å². The van der Waals surface area contributed by atoms with Crippen molar-refractivity contribution in [1.29, 1.82) is 0 Å².